The lowest BCUT2D eigenvalue weighted by Gasteiger charge is -2.13. The van der Waals surface area contributed by atoms with E-state index in [-0.39, 0.29) is 29.1 Å². The van der Waals surface area contributed by atoms with Gasteiger partial charge in [0.05, 0.1) is 30.4 Å². The fraction of sp³-hybridized carbons (Fsp3) is 0.304. The number of nitrogens with zero attached hydrogens (tertiary/aromatic N) is 3. The number of carbonyl (C=O) groups excluding carboxylic acids is 1. The van der Waals surface area contributed by atoms with Crippen LogP contribution in [-0.4, -0.2) is 56.8 Å². The number of hydrogen-bond donors (Lipinski definition) is 1. The summed E-state index contributed by atoms with van der Waals surface area (Å²) in [6, 6.07) is 16.3. The number of ether oxygens (including phenoxy) is 1. The average Bonchev–Trinajstić information content (AvgIpc) is 3.37. The maximum Gasteiger partial charge on any atom is 0.276 e. The highest BCUT2D eigenvalue weighted by atomic mass is 32.2. The van der Waals surface area contributed by atoms with E-state index in [0.717, 1.165) is 11.3 Å². The maximum atomic E-state index is 12.9. The quantitative estimate of drug-likeness (QED) is 0.615. The Hall–Kier alpha value is -3.33. The Morgan fingerprint density at radius 3 is 2.38 bits per heavy atom. The second-order valence-electron chi connectivity index (χ2n) is 8.04. The normalized spacial score (nSPS) is 17.2. The van der Waals surface area contributed by atoms with Crippen LogP contribution in [0.1, 0.15) is 23.0 Å². The summed E-state index contributed by atoms with van der Waals surface area (Å²) < 4.78 is 31.0. The Bertz CT molecular complexity index is 1220. The molecule has 0 bridgehead atoms. The molecule has 0 spiro atoms. The van der Waals surface area contributed by atoms with Gasteiger partial charge in [-0.2, -0.15) is 5.10 Å². The number of rotatable bonds is 6. The van der Waals surface area contributed by atoms with Crippen molar-refractivity contribution >= 4 is 27.1 Å². The average molecular weight is 455 g/mol. The van der Waals surface area contributed by atoms with E-state index in [0.29, 0.717) is 23.6 Å². The van der Waals surface area contributed by atoms with Gasteiger partial charge in [0, 0.05) is 31.0 Å². The van der Waals surface area contributed by atoms with Crippen LogP contribution in [0.25, 0.3) is 11.3 Å². The number of methoxy groups -OCH3 is 1. The fourth-order valence-corrected chi connectivity index (χ4v) is 5.46. The van der Waals surface area contributed by atoms with Crippen LogP contribution >= 0.6 is 0 Å². The van der Waals surface area contributed by atoms with Crippen molar-refractivity contribution in [2.75, 3.05) is 42.9 Å². The van der Waals surface area contributed by atoms with E-state index in [2.05, 4.69) is 10.4 Å². The first-order valence-corrected chi connectivity index (χ1v) is 12.1. The van der Waals surface area contributed by atoms with Crippen molar-refractivity contribution in [1.29, 1.82) is 0 Å². The standard InChI is InChI=1S/C23H26N4O4S/c1-26(2)18-8-6-17(7-9-18)24-23(28)21-14-22(16-4-10-20(31-3)11-5-16)27(25-21)19-12-13-32(29,30)15-19/h4-11,14,19H,12-13,15H2,1-3H3,(H,24,28)/t19-/m0/s1. The number of anilines is 2. The molecule has 1 N–H and O–H groups in total. The molecule has 0 unspecified atom stereocenters. The second kappa shape index (κ2) is 8.66. The van der Waals surface area contributed by atoms with Gasteiger partial charge in [-0.15, -0.1) is 0 Å². The lowest BCUT2D eigenvalue weighted by Crippen LogP contribution is -2.16. The molecule has 8 nitrogen and oxygen atoms in total. The highest BCUT2D eigenvalue weighted by Crippen LogP contribution is 2.31. The van der Waals surface area contributed by atoms with Crippen LogP contribution in [0.5, 0.6) is 5.75 Å². The Morgan fingerprint density at radius 2 is 1.81 bits per heavy atom. The van der Waals surface area contributed by atoms with Crippen molar-refractivity contribution in [3.8, 4) is 17.0 Å². The minimum Gasteiger partial charge on any atom is -0.497 e. The number of benzene rings is 2. The van der Waals surface area contributed by atoms with E-state index in [4.69, 9.17) is 4.74 Å². The number of amides is 1. The predicted octanol–water partition coefficient (Wildman–Crippen LogP) is 3.24. The van der Waals surface area contributed by atoms with E-state index >= 15 is 0 Å². The summed E-state index contributed by atoms with van der Waals surface area (Å²) in [5.74, 6) is 0.504. The minimum absolute atomic E-state index is 0.0187. The number of nitrogens with one attached hydrogen (secondary N) is 1. The van der Waals surface area contributed by atoms with Crippen molar-refractivity contribution in [3.05, 3.63) is 60.3 Å². The van der Waals surface area contributed by atoms with Gasteiger partial charge in [-0.05, 0) is 61.0 Å². The maximum absolute atomic E-state index is 12.9. The van der Waals surface area contributed by atoms with Crippen LogP contribution in [-0.2, 0) is 9.84 Å². The topological polar surface area (TPSA) is 93.5 Å². The zero-order chi connectivity index (χ0) is 22.9. The van der Waals surface area contributed by atoms with Crippen LogP contribution in [0.15, 0.2) is 54.6 Å². The summed E-state index contributed by atoms with van der Waals surface area (Å²) in [7, 11) is 2.38. The summed E-state index contributed by atoms with van der Waals surface area (Å²) in [5, 5.41) is 7.39. The van der Waals surface area contributed by atoms with Gasteiger partial charge < -0.3 is 15.0 Å². The van der Waals surface area contributed by atoms with Crippen molar-refractivity contribution in [2.45, 2.75) is 12.5 Å². The van der Waals surface area contributed by atoms with Gasteiger partial charge in [-0.25, -0.2) is 8.42 Å². The zero-order valence-corrected chi connectivity index (χ0v) is 19.1. The SMILES string of the molecule is COc1ccc(-c2cc(C(=O)Nc3ccc(N(C)C)cc3)nn2[C@H]2CCS(=O)(=O)C2)cc1. The lowest BCUT2D eigenvalue weighted by atomic mass is 10.1. The monoisotopic (exact) mass is 454 g/mol. The molecular formula is C23H26N4O4S. The first-order valence-electron chi connectivity index (χ1n) is 10.3. The molecule has 1 aliphatic rings. The molecule has 1 aromatic heterocycles. The Morgan fingerprint density at radius 1 is 1.12 bits per heavy atom. The molecule has 3 aromatic rings. The minimum atomic E-state index is -3.11. The molecule has 1 fully saturated rings. The predicted molar refractivity (Wildman–Crippen MR) is 125 cm³/mol. The molecule has 0 aliphatic carbocycles. The Labute approximate surface area is 187 Å². The van der Waals surface area contributed by atoms with Gasteiger partial charge in [0.1, 0.15) is 5.75 Å². The number of sulfone groups is 1. The summed E-state index contributed by atoms with van der Waals surface area (Å²) >= 11 is 0. The molecule has 0 saturated carbocycles. The molecule has 2 heterocycles. The highest BCUT2D eigenvalue weighted by Gasteiger charge is 2.32. The van der Waals surface area contributed by atoms with Gasteiger partial charge in [0.2, 0.25) is 0 Å². The molecule has 4 rings (SSSR count). The third-order valence-electron chi connectivity index (χ3n) is 5.55. The smallest absolute Gasteiger partial charge is 0.276 e. The van der Waals surface area contributed by atoms with Crippen molar-refractivity contribution < 1.29 is 17.9 Å². The third-order valence-corrected chi connectivity index (χ3v) is 7.30. The van der Waals surface area contributed by atoms with E-state index in [1.165, 1.54) is 0 Å². The molecule has 9 heteroatoms. The lowest BCUT2D eigenvalue weighted by molar-refractivity contribution is 0.102. The Kier molecular flexibility index (Phi) is 5.92. The molecule has 1 amide bonds. The van der Waals surface area contributed by atoms with Crippen LogP contribution in [0, 0.1) is 0 Å². The largest absolute Gasteiger partial charge is 0.497 e. The summed E-state index contributed by atoms with van der Waals surface area (Å²) in [4.78, 5) is 14.9. The molecule has 1 aliphatic heterocycles. The van der Waals surface area contributed by atoms with Crippen molar-refractivity contribution in [1.82, 2.24) is 9.78 Å². The van der Waals surface area contributed by atoms with Crippen molar-refractivity contribution in [3.63, 3.8) is 0 Å². The van der Waals surface area contributed by atoms with E-state index in [9.17, 15) is 13.2 Å². The van der Waals surface area contributed by atoms with Gasteiger partial charge in [0.25, 0.3) is 5.91 Å². The van der Waals surface area contributed by atoms with Crippen LogP contribution in [0.4, 0.5) is 11.4 Å². The summed E-state index contributed by atoms with van der Waals surface area (Å²) in [6.45, 7) is 0. The fourth-order valence-electron chi connectivity index (χ4n) is 3.77. The molecule has 0 radical (unpaired) electrons. The van der Waals surface area contributed by atoms with E-state index < -0.39 is 9.84 Å². The van der Waals surface area contributed by atoms with Crippen LogP contribution in [0.3, 0.4) is 0 Å². The van der Waals surface area contributed by atoms with E-state index in [1.807, 2.05) is 67.5 Å². The number of carbonyl (C=O) groups is 1. The zero-order valence-electron chi connectivity index (χ0n) is 18.3. The van der Waals surface area contributed by atoms with Crippen LogP contribution in [0.2, 0.25) is 0 Å². The molecule has 2 aromatic carbocycles. The molecule has 32 heavy (non-hydrogen) atoms. The third kappa shape index (κ3) is 4.62. The first-order chi connectivity index (χ1) is 15.3. The second-order valence-corrected chi connectivity index (χ2v) is 10.3. The summed E-state index contributed by atoms with van der Waals surface area (Å²) in [5.41, 5.74) is 3.44. The molecular weight excluding hydrogens is 428 g/mol. The molecule has 1 atom stereocenters. The molecule has 168 valence electrons. The van der Waals surface area contributed by atoms with Gasteiger partial charge in [-0.1, -0.05) is 0 Å². The summed E-state index contributed by atoms with van der Waals surface area (Å²) in [6.07, 6.45) is 0.472. The van der Waals surface area contributed by atoms with E-state index in [1.54, 1.807) is 17.9 Å². The van der Waals surface area contributed by atoms with Gasteiger partial charge in [0.15, 0.2) is 15.5 Å². The highest BCUT2D eigenvalue weighted by molar-refractivity contribution is 7.91. The van der Waals surface area contributed by atoms with Gasteiger partial charge >= 0.3 is 0 Å². The van der Waals surface area contributed by atoms with Crippen LogP contribution < -0.4 is 15.0 Å². The first kappa shape index (κ1) is 21.9. The van der Waals surface area contributed by atoms with Crippen molar-refractivity contribution in [2.24, 2.45) is 0 Å². The molecule has 1 saturated heterocycles. The van der Waals surface area contributed by atoms with Gasteiger partial charge in [-0.3, -0.25) is 9.48 Å². The number of hydrogen-bond acceptors (Lipinski definition) is 6. The Balaban J connectivity index is 1.65. The number of aromatic nitrogens is 2.